The minimum atomic E-state index is 0.566. The lowest BCUT2D eigenvalue weighted by atomic mass is 9.93. The SMILES string of the molecule is c1ccc(Cc2cc(C3CCN(Cc4cc5n(n4)CCNC5)CC3)n[nH]2)cc1. The van der Waals surface area contributed by atoms with Crippen LogP contribution in [0.5, 0.6) is 0 Å². The number of rotatable bonds is 5. The minimum absolute atomic E-state index is 0.566. The van der Waals surface area contributed by atoms with Crippen molar-refractivity contribution in [2.75, 3.05) is 19.6 Å². The summed E-state index contributed by atoms with van der Waals surface area (Å²) in [5, 5.41) is 16.1. The molecular formula is C22H28N6. The molecule has 2 N–H and O–H groups in total. The van der Waals surface area contributed by atoms with E-state index < -0.39 is 0 Å². The van der Waals surface area contributed by atoms with Crippen LogP contribution in [0.1, 0.15) is 47.1 Å². The number of benzene rings is 1. The fourth-order valence-corrected chi connectivity index (χ4v) is 4.44. The molecule has 0 amide bonds. The molecule has 2 aliphatic rings. The second-order valence-electron chi connectivity index (χ2n) is 8.06. The number of aromatic nitrogens is 4. The highest BCUT2D eigenvalue weighted by Crippen LogP contribution is 2.28. The first-order valence-electron chi connectivity index (χ1n) is 10.4. The summed E-state index contributed by atoms with van der Waals surface area (Å²) in [6.45, 7) is 6.15. The molecule has 4 heterocycles. The van der Waals surface area contributed by atoms with Gasteiger partial charge < -0.3 is 5.32 Å². The van der Waals surface area contributed by atoms with Crippen molar-refractivity contribution in [3.05, 3.63) is 70.8 Å². The number of hydrogen-bond acceptors (Lipinski definition) is 4. The molecule has 146 valence electrons. The van der Waals surface area contributed by atoms with Gasteiger partial charge in [0.1, 0.15) is 0 Å². The van der Waals surface area contributed by atoms with Gasteiger partial charge in [-0.25, -0.2) is 0 Å². The zero-order valence-corrected chi connectivity index (χ0v) is 16.3. The molecule has 0 unspecified atom stereocenters. The molecule has 3 aromatic rings. The summed E-state index contributed by atoms with van der Waals surface area (Å²) in [5.74, 6) is 0.566. The Morgan fingerprint density at radius 3 is 2.71 bits per heavy atom. The van der Waals surface area contributed by atoms with Gasteiger partial charge in [-0.3, -0.25) is 14.7 Å². The Balaban J connectivity index is 1.15. The van der Waals surface area contributed by atoms with Crippen molar-refractivity contribution in [3.8, 4) is 0 Å². The van der Waals surface area contributed by atoms with E-state index in [0.717, 1.165) is 45.7 Å². The summed E-state index contributed by atoms with van der Waals surface area (Å²) < 4.78 is 2.16. The van der Waals surface area contributed by atoms with E-state index in [1.165, 1.54) is 41.2 Å². The summed E-state index contributed by atoms with van der Waals surface area (Å²) in [4.78, 5) is 2.54. The first-order chi connectivity index (χ1) is 13.8. The zero-order valence-electron chi connectivity index (χ0n) is 16.3. The molecule has 28 heavy (non-hydrogen) atoms. The van der Waals surface area contributed by atoms with E-state index >= 15 is 0 Å². The van der Waals surface area contributed by atoms with Crippen molar-refractivity contribution in [2.45, 2.75) is 44.8 Å². The largest absolute Gasteiger partial charge is 0.309 e. The summed E-state index contributed by atoms with van der Waals surface area (Å²) >= 11 is 0. The van der Waals surface area contributed by atoms with Gasteiger partial charge in [0.15, 0.2) is 0 Å². The molecule has 1 fully saturated rings. The number of aromatic amines is 1. The Kier molecular flexibility index (Phi) is 4.97. The maximum absolute atomic E-state index is 4.78. The van der Waals surface area contributed by atoms with E-state index in [2.05, 4.69) is 67.6 Å². The van der Waals surface area contributed by atoms with E-state index in [0.29, 0.717) is 5.92 Å². The zero-order chi connectivity index (χ0) is 18.8. The first kappa shape index (κ1) is 17.6. The molecular weight excluding hydrogens is 348 g/mol. The summed E-state index contributed by atoms with van der Waals surface area (Å²) in [5.41, 5.74) is 6.29. The van der Waals surface area contributed by atoms with Gasteiger partial charge in [-0.15, -0.1) is 0 Å². The quantitative estimate of drug-likeness (QED) is 0.719. The van der Waals surface area contributed by atoms with E-state index in [1.807, 2.05) is 0 Å². The molecule has 0 spiro atoms. The van der Waals surface area contributed by atoms with Crippen molar-refractivity contribution < 1.29 is 0 Å². The molecule has 0 bridgehead atoms. The molecule has 0 radical (unpaired) electrons. The number of hydrogen-bond donors (Lipinski definition) is 2. The van der Waals surface area contributed by atoms with E-state index in [1.54, 1.807) is 0 Å². The van der Waals surface area contributed by atoms with Crippen LogP contribution in [0, 0.1) is 0 Å². The van der Waals surface area contributed by atoms with Crippen LogP contribution < -0.4 is 5.32 Å². The minimum Gasteiger partial charge on any atom is -0.309 e. The van der Waals surface area contributed by atoms with Gasteiger partial charge in [0.05, 0.1) is 23.6 Å². The van der Waals surface area contributed by atoms with Crippen molar-refractivity contribution in [2.24, 2.45) is 0 Å². The average molecular weight is 377 g/mol. The number of nitrogens with zero attached hydrogens (tertiary/aromatic N) is 4. The third-order valence-electron chi connectivity index (χ3n) is 6.00. The van der Waals surface area contributed by atoms with Gasteiger partial charge >= 0.3 is 0 Å². The Labute approximate surface area is 165 Å². The maximum Gasteiger partial charge on any atom is 0.0768 e. The lowest BCUT2D eigenvalue weighted by Gasteiger charge is -2.30. The summed E-state index contributed by atoms with van der Waals surface area (Å²) in [7, 11) is 0. The van der Waals surface area contributed by atoms with Crippen molar-refractivity contribution >= 4 is 0 Å². The lowest BCUT2D eigenvalue weighted by molar-refractivity contribution is 0.200. The smallest absolute Gasteiger partial charge is 0.0768 e. The van der Waals surface area contributed by atoms with Gasteiger partial charge in [-0.1, -0.05) is 30.3 Å². The molecule has 6 nitrogen and oxygen atoms in total. The molecule has 1 aromatic carbocycles. The highest BCUT2D eigenvalue weighted by atomic mass is 15.3. The van der Waals surface area contributed by atoms with Crippen LogP contribution in [0.2, 0.25) is 0 Å². The lowest BCUT2D eigenvalue weighted by Crippen LogP contribution is -2.32. The standard InChI is InChI=1S/C22H28N6/c1-2-4-17(5-3-1)12-19-14-22(25-24-19)18-6-9-27(10-7-18)16-20-13-21-15-23-8-11-28(21)26-20/h1-5,13-14,18,23H,6-12,15-16H2,(H,24,25). The number of H-pyrrole nitrogens is 1. The van der Waals surface area contributed by atoms with Crippen LogP contribution in [0.25, 0.3) is 0 Å². The summed E-state index contributed by atoms with van der Waals surface area (Å²) in [6.07, 6.45) is 3.27. The van der Waals surface area contributed by atoms with Gasteiger partial charge in [-0.05, 0) is 43.6 Å². The topological polar surface area (TPSA) is 61.8 Å². The average Bonchev–Trinajstić information content (AvgIpc) is 3.36. The summed E-state index contributed by atoms with van der Waals surface area (Å²) in [6, 6.07) is 15.1. The third kappa shape index (κ3) is 3.88. The fraction of sp³-hybridized carbons (Fsp3) is 0.455. The molecule has 2 aliphatic heterocycles. The monoisotopic (exact) mass is 376 g/mol. The second-order valence-corrected chi connectivity index (χ2v) is 8.06. The van der Waals surface area contributed by atoms with Gasteiger partial charge in [0.25, 0.3) is 0 Å². The third-order valence-corrected chi connectivity index (χ3v) is 6.00. The second kappa shape index (κ2) is 7.89. The van der Waals surface area contributed by atoms with Crippen LogP contribution in [-0.2, 0) is 26.1 Å². The Bertz CT molecular complexity index is 881. The Morgan fingerprint density at radius 1 is 1.04 bits per heavy atom. The van der Waals surface area contributed by atoms with E-state index in [4.69, 9.17) is 5.10 Å². The normalized spacial score (nSPS) is 18.3. The molecule has 0 atom stereocenters. The predicted octanol–water partition coefficient (Wildman–Crippen LogP) is 2.68. The predicted molar refractivity (Wildman–Crippen MR) is 109 cm³/mol. The first-order valence-corrected chi connectivity index (χ1v) is 10.4. The van der Waals surface area contributed by atoms with Crippen LogP contribution in [0.15, 0.2) is 42.5 Å². The van der Waals surface area contributed by atoms with Crippen molar-refractivity contribution in [3.63, 3.8) is 0 Å². The van der Waals surface area contributed by atoms with Gasteiger partial charge in [0, 0.05) is 37.7 Å². The molecule has 0 saturated carbocycles. The fourth-order valence-electron chi connectivity index (χ4n) is 4.44. The van der Waals surface area contributed by atoms with Crippen molar-refractivity contribution in [1.82, 2.24) is 30.2 Å². The number of nitrogens with one attached hydrogen (secondary N) is 2. The molecule has 2 aromatic heterocycles. The number of fused-ring (bicyclic) bond motifs is 1. The van der Waals surface area contributed by atoms with Crippen LogP contribution >= 0.6 is 0 Å². The molecule has 5 rings (SSSR count). The van der Waals surface area contributed by atoms with Crippen LogP contribution in [0.4, 0.5) is 0 Å². The molecule has 6 heteroatoms. The number of likely N-dealkylation sites (tertiary alicyclic amines) is 1. The molecule has 1 saturated heterocycles. The van der Waals surface area contributed by atoms with Crippen LogP contribution in [0.3, 0.4) is 0 Å². The van der Waals surface area contributed by atoms with E-state index in [9.17, 15) is 0 Å². The highest BCUT2D eigenvalue weighted by molar-refractivity contribution is 5.23. The van der Waals surface area contributed by atoms with Gasteiger partial charge in [-0.2, -0.15) is 10.2 Å². The van der Waals surface area contributed by atoms with Crippen LogP contribution in [-0.4, -0.2) is 44.5 Å². The Morgan fingerprint density at radius 2 is 1.89 bits per heavy atom. The maximum atomic E-state index is 4.78. The van der Waals surface area contributed by atoms with Gasteiger partial charge in [0.2, 0.25) is 0 Å². The number of piperidine rings is 1. The van der Waals surface area contributed by atoms with E-state index in [-0.39, 0.29) is 0 Å². The highest BCUT2D eigenvalue weighted by Gasteiger charge is 2.23. The Hall–Kier alpha value is -2.44. The van der Waals surface area contributed by atoms with Crippen molar-refractivity contribution in [1.29, 1.82) is 0 Å². The molecule has 0 aliphatic carbocycles.